The summed E-state index contributed by atoms with van der Waals surface area (Å²) in [5.74, 6) is 2.58. The zero-order valence-corrected chi connectivity index (χ0v) is 10.5. The molecular weight excluding hydrogens is 200 g/mol. The van der Waals surface area contributed by atoms with Crippen LogP contribution in [0.15, 0.2) is 6.20 Å². The van der Waals surface area contributed by atoms with Crippen LogP contribution in [0.25, 0.3) is 0 Å². The first-order chi connectivity index (χ1) is 7.63. The fraction of sp³-hybridized carbons (Fsp3) is 0.667. The number of anilines is 2. The van der Waals surface area contributed by atoms with Gasteiger partial charge < -0.3 is 10.2 Å². The highest BCUT2D eigenvalue weighted by molar-refractivity contribution is 5.49. The molecule has 1 atom stereocenters. The number of nitrogens with zero attached hydrogens (tertiary/aromatic N) is 3. The maximum absolute atomic E-state index is 4.53. The topological polar surface area (TPSA) is 41.1 Å². The molecule has 4 heteroatoms. The van der Waals surface area contributed by atoms with Crippen molar-refractivity contribution in [3.8, 4) is 0 Å². The molecule has 16 heavy (non-hydrogen) atoms. The molecule has 4 nitrogen and oxygen atoms in total. The molecule has 1 heterocycles. The lowest BCUT2D eigenvalue weighted by Crippen LogP contribution is -2.32. The van der Waals surface area contributed by atoms with Crippen molar-refractivity contribution in [3.63, 3.8) is 0 Å². The van der Waals surface area contributed by atoms with Crippen molar-refractivity contribution in [2.24, 2.45) is 5.92 Å². The minimum absolute atomic E-state index is 0.568. The fourth-order valence-corrected chi connectivity index (χ4v) is 2.00. The van der Waals surface area contributed by atoms with Crippen LogP contribution >= 0.6 is 0 Å². The minimum atomic E-state index is 0.568. The first kappa shape index (κ1) is 11.2. The van der Waals surface area contributed by atoms with E-state index in [1.165, 1.54) is 12.8 Å². The molecule has 1 fully saturated rings. The third kappa shape index (κ3) is 2.10. The van der Waals surface area contributed by atoms with Crippen LogP contribution in [-0.4, -0.2) is 30.1 Å². The quantitative estimate of drug-likeness (QED) is 0.843. The van der Waals surface area contributed by atoms with Gasteiger partial charge in [0.2, 0.25) is 5.95 Å². The second-order valence-electron chi connectivity index (χ2n) is 4.64. The molecule has 0 amide bonds. The summed E-state index contributed by atoms with van der Waals surface area (Å²) in [6.07, 6.45) is 4.59. The van der Waals surface area contributed by atoms with E-state index >= 15 is 0 Å². The Labute approximate surface area is 97.1 Å². The number of rotatable bonds is 4. The van der Waals surface area contributed by atoms with Gasteiger partial charge >= 0.3 is 0 Å². The number of nitrogens with one attached hydrogen (secondary N) is 1. The van der Waals surface area contributed by atoms with E-state index in [1.54, 1.807) is 0 Å². The van der Waals surface area contributed by atoms with Crippen molar-refractivity contribution in [2.45, 2.75) is 32.7 Å². The Morgan fingerprint density at radius 1 is 1.50 bits per heavy atom. The highest BCUT2D eigenvalue weighted by atomic mass is 15.2. The fourth-order valence-electron chi connectivity index (χ4n) is 2.00. The lowest BCUT2D eigenvalue weighted by atomic mass is 10.2. The number of hydrogen-bond acceptors (Lipinski definition) is 4. The zero-order valence-electron chi connectivity index (χ0n) is 10.5. The Kier molecular flexibility index (Phi) is 2.99. The monoisotopic (exact) mass is 220 g/mol. The van der Waals surface area contributed by atoms with E-state index in [-0.39, 0.29) is 0 Å². The van der Waals surface area contributed by atoms with Crippen molar-refractivity contribution in [1.82, 2.24) is 9.97 Å². The van der Waals surface area contributed by atoms with Gasteiger partial charge in [0, 0.05) is 31.9 Å². The highest BCUT2D eigenvalue weighted by Gasteiger charge is 2.31. The van der Waals surface area contributed by atoms with Gasteiger partial charge in [0.1, 0.15) is 5.82 Å². The van der Waals surface area contributed by atoms with Crippen molar-refractivity contribution in [2.75, 3.05) is 24.3 Å². The Morgan fingerprint density at radius 3 is 2.75 bits per heavy atom. The van der Waals surface area contributed by atoms with Crippen LogP contribution in [0.5, 0.6) is 0 Å². The second-order valence-corrected chi connectivity index (χ2v) is 4.64. The number of hydrogen-bond donors (Lipinski definition) is 1. The summed E-state index contributed by atoms with van der Waals surface area (Å²) in [6.45, 7) is 4.34. The third-order valence-corrected chi connectivity index (χ3v) is 3.42. The molecule has 0 aliphatic heterocycles. The first-order valence-corrected chi connectivity index (χ1v) is 5.87. The van der Waals surface area contributed by atoms with Crippen LogP contribution in [-0.2, 0) is 0 Å². The van der Waals surface area contributed by atoms with Crippen molar-refractivity contribution in [1.29, 1.82) is 0 Å². The highest BCUT2D eigenvalue weighted by Crippen LogP contribution is 2.36. The molecule has 2 rings (SSSR count). The number of aryl methyl sites for hydroxylation is 1. The van der Waals surface area contributed by atoms with Gasteiger partial charge in [0.05, 0.1) is 0 Å². The van der Waals surface area contributed by atoms with Crippen LogP contribution < -0.4 is 10.2 Å². The molecular formula is C12H20N4. The average molecular weight is 220 g/mol. The summed E-state index contributed by atoms with van der Waals surface area (Å²) in [7, 11) is 3.97. The van der Waals surface area contributed by atoms with Gasteiger partial charge in [-0.3, -0.25) is 0 Å². The van der Waals surface area contributed by atoms with Gasteiger partial charge in [-0.05, 0) is 32.6 Å². The Hall–Kier alpha value is -1.32. The summed E-state index contributed by atoms with van der Waals surface area (Å²) < 4.78 is 0. The molecule has 1 aromatic heterocycles. The van der Waals surface area contributed by atoms with Crippen LogP contribution in [0.4, 0.5) is 11.8 Å². The van der Waals surface area contributed by atoms with E-state index in [1.807, 2.05) is 13.2 Å². The van der Waals surface area contributed by atoms with Crippen LogP contribution in [0.3, 0.4) is 0 Å². The predicted molar refractivity (Wildman–Crippen MR) is 66.9 cm³/mol. The molecule has 1 saturated carbocycles. The van der Waals surface area contributed by atoms with E-state index in [9.17, 15) is 0 Å². The smallest absolute Gasteiger partial charge is 0.224 e. The predicted octanol–water partition coefficient (Wildman–Crippen LogP) is 2.06. The van der Waals surface area contributed by atoms with Gasteiger partial charge in [-0.2, -0.15) is 4.98 Å². The van der Waals surface area contributed by atoms with Gasteiger partial charge in [-0.25, -0.2) is 4.98 Å². The van der Waals surface area contributed by atoms with Crippen LogP contribution in [0, 0.1) is 12.8 Å². The lowest BCUT2D eigenvalue weighted by molar-refractivity contribution is 0.602. The minimum Gasteiger partial charge on any atom is -0.357 e. The molecule has 0 aromatic carbocycles. The summed E-state index contributed by atoms with van der Waals surface area (Å²) in [5.41, 5.74) is 1.13. The number of aromatic nitrogens is 2. The van der Waals surface area contributed by atoms with Crippen molar-refractivity contribution in [3.05, 3.63) is 11.8 Å². The largest absolute Gasteiger partial charge is 0.357 e. The molecule has 0 bridgehead atoms. The molecule has 1 unspecified atom stereocenters. The van der Waals surface area contributed by atoms with Gasteiger partial charge in [-0.15, -0.1) is 0 Å². The summed E-state index contributed by atoms with van der Waals surface area (Å²) >= 11 is 0. The summed E-state index contributed by atoms with van der Waals surface area (Å²) in [6, 6.07) is 0.568. The summed E-state index contributed by atoms with van der Waals surface area (Å²) in [4.78, 5) is 11.0. The molecule has 88 valence electrons. The van der Waals surface area contributed by atoms with E-state index in [4.69, 9.17) is 0 Å². The van der Waals surface area contributed by atoms with Crippen LogP contribution in [0.1, 0.15) is 25.3 Å². The van der Waals surface area contributed by atoms with E-state index < -0.39 is 0 Å². The van der Waals surface area contributed by atoms with Crippen molar-refractivity contribution < 1.29 is 0 Å². The third-order valence-electron chi connectivity index (χ3n) is 3.42. The lowest BCUT2D eigenvalue weighted by Gasteiger charge is -2.27. The Bertz CT molecular complexity index is 373. The van der Waals surface area contributed by atoms with E-state index in [2.05, 4.69) is 41.1 Å². The standard InChI is InChI=1S/C12H20N4/c1-8-7-14-12(13-3)15-11(8)16(4)9(2)10-5-6-10/h7,9-10H,5-6H2,1-4H3,(H,13,14,15). The zero-order chi connectivity index (χ0) is 11.7. The van der Waals surface area contributed by atoms with Gasteiger partial charge in [-0.1, -0.05) is 0 Å². The SMILES string of the molecule is CNc1ncc(C)c(N(C)C(C)C2CC2)n1. The maximum atomic E-state index is 4.53. The molecule has 1 aromatic rings. The van der Waals surface area contributed by atoms with Gasteiger partial charge in [0.25, 0.3) is 0 Å². The van der Waals surface area contributed by atoms with E-state index in [0.717, 1.165) is 17.3 Å². The molecule has 1 aliphatic carbocycles. The van der Waals surface area contributed by atoms with E-state index in [0.29, 0.717) is 12.0 Å². The summed E-state index contributed by atoms with van der Waals surface area (Å²) in [5, 5.41) is 2.98. The van der Waals surface area contributed by atoms with Gasteiger partial charge in [0.15, 0.2) is 0 Å². The normalized spacial score (nSPS) is 17.0. The maximum Gasteiger partial charge on any atom is 0.224 e. The molecule has 0 spiro atoms. The molecule has 1 N–H and O–H groups in total. The second kappa shape index (κ2) is 4.28. The average Bonchev–Trinajstić information content (AvgIpc) is 3.12. The van der Waals surface area contributed by atoms with Crippen molar-refractivity contribution >= 4 is 11.8 Å². The van der Waals surface area contributed by atoms with Crippen LogP contribution in [0.2, 0.25) is 0 Å². The first-order valence-electron chi connectivity index (χ1n) is 5.87. The molecule has 1 aliphatic rings. The Morgan fingerprint density at radius 2 is 2.19 bits per heavy atom. The molecule has 0 radical (unpaired) electrons. The Balaban J connectivity index is 2.23. The molecule has 0 saturated heterocycles.